The molecule has 1 N–H and O–H groups in total. The third-order valence-corrected chi connectivity index (χ3v) is 2.71. The zero-order valence-corrected chi connectivity index (χ0v) is 11.2. The molecule has 0 unspecified atom stereocenters. The molecule has 5 nitrogen and oxygen atoms in total. The molecule has 18 heavy (non-hydrogen) atoms. The first-order chi connectivity index (χ1) is 8.61. The molecular weight excluding hydrogens is 226 g/mol. The van der Waals surface area contributed by atoms with E-state index in [0.717, 1.165) is 29.2 Å². The quantitative estimate of drug-likeness (QED) is 0.896. The minimum absolute atomic E-state index is 0.558. The Morgan fingerprint density at radius 1 is 1.00 bits per heavy atom. The van der Waals surface area contributed by atoms with Gasteiger partial charge in [-0.05, 0) is 33.3 Å². The molecule has 0 saturated carbocycles. The van der Waals surface area contributed by atoms with E-state index in [-0.39, 0.29) is 0 Å². The highest BCUT2D eigenvalue weighted by Gasteiger charge is 2.10. The Morgan fingerprint density at radius 3 is 2.28 bits per heavy atom. The van der Waals surface area contributed by atoms with Crippen LogP contribution >= 0.6 is 0 Å². The fraction of sp³-hybridized carbons (Fsp3) is 0.385. The van der Waals surface area contributed by atoms with Crippen LogP contribution in [-0.2, 0) is 0 Å². The monoisotopic (exact) mass is 243 g/mol. The standard InChI is InChI=1S/C13H17N5/c1-5-14-11-9(3)10(4)17-13(18-11)12-15-6-8(2)7-16-12/h6-7H,5H2,1-4H3,(H,14,17,18). The number of aromatic nitrogens is 4. The number of rotatable bonds is 3. The summed E-state index contributed by atoms with van der Waals surface area (Å²) < 4.78 is 0. The summed E-state index contributed by atoms with van der Waals surface area (Å²) in [6, 6.07) is 0. The molecule has 94 valence electrons. The lowest BCUT2D eigenvalue weighted by Gasteiger charge is -2.10. The first-order valence-corrected chi connectivity index (χ1v) is 6.00. The summed E-state index contributed by atoms with van der Waals surface area (Å²) in [6.45, 7) is 8.79. The van der Waals surface area contributed by atoms with Crippen molar-refractivity contribution in [1.29, 1.82) is 0 Å². The first-order valence-electron chi connectivity index (χ1n) is 6.00. The molecule has 0 bridgehead atoms. The largest absolute Gasteiger partial charge is 0.370 e. The Hall–Kier alpha value is -2.04. The van der Waals surface area contributed by atoms with Crippen LogP contribution in [-0.4, -0.2) is 26.5 Å². The number of nitrogens with one attached hydrogen (secondary N) is 1. The third kappa shape index (κ3) is 2.45. The lowest BCUT2D eigenvalue weighted by Crippen LogP contribution is -2.07. The molecule has 0 radical (unpaired) electrons. The minimum atomic E-state index is 0.558. The van der Waals surface area contributed by atoms with Crippen LogP contribution in [0, 0.1) is 20.8 Å². The van der Waals surface area contributed by atoms with Gasteiger partial charge in [-0.2, -0.15) is 0 Å². The van der Waals surface area contributed by atoms with Gasteiger partial charge in [-0.25, -0.2) is 19.9 Å². The van der Waals surface area contributed by atoms with E-state index in [2.05, 4.69) is 25.3 Å². The van der Waals surface area contributed by atoms with E-state index < -0.39 is 0 Å². The fourth-order valence-corrected chi connectivity index (χ4v) is 1.58. The molecule has 2 rings (SSSR count). The van der Waals surface area contributed by atoms with Gasteiger partial charge < -0.3 is 5.32 Å². The van der Waals surface area contributed by atoms with Gasteiger partial charge in [-0.15, -0.1) is 0 Å². The SMILES string of the molecule is CCNc1nc(-c2ncc(C)cn2)nc(C)c1C. The summed E-state index contributed by atoms with van der Waals surface area (Å²) in [5.41, 5.74) is 3.03. The van der Waals surface area contributed by atoms with Crippen LogP contribution in [0.15, 0.2) is 12.4 Å². The highest BCUT2D eigenvalue weighted by atomic mass is 15.1. The number of hydrogen-bond donors (Lipinski definition) is 1. The van der Waals surface area contributed by atoms with Crippen LogP contribution in [0.5, 0.6) is 0 Å². The smallest absolute Gasteiger partial charge is 0.199 e. The Balaban J connectivity index is 2.48. The molecule has 0 saturated heterocycles. The lowest BCUT2D eigenvalue weighted by atomic mass is 10.2. The highest BCUT2D eigenvalue weighted by Crippen LogP contribution is 2.18. The van der Waals surface area contributed by atoms with Crippen molar-refractivity contribution in [3.8, 4) is 11.6 Å². The molecule has 5 heteroatoms. The Morgan fingerprint density at radius 2 is 1.67 bits per heavy atom. The van der Waals surface area contributed by atoms with Crippen LogP contribution in [0.4, 0.5) is 5.82 Å². The summed E-state index contributed by atoms with van der Waals surface area (Å²) in [5.74, 6) is 1.97. The molecule has 2 aromatic rings. The van der Waals surface area contributed by atoms with Crippen molar-refractivity contribution < 1.29 is 0 Å². The van der Waals surface area contributed by atoms with E-state index in [9.17, 15) is 0 Å². The molecular formula is C13H17N5. The maximum Gasteiger partial charge on any atom is 0.199 e. The van der Waals surface area contributed by atoms with Gasteiger partial charge in [-0.1, -0.05) is 0 Å². The Labute approximate surface area is 107 Å². The topological polar surface area (TPSA) is 63.6 Å². The maximum absolute atomic E-state index is 4.48. The van der Waals surface area contributed by atoms with Crippen molar-refractivity contribution in [3.05, 3.63) is 29.2 Å². The van der Waals surface area contributed by atoms with Crippen LogP contribution in [0.1, 0.15) is 23.7 Å². The van der Waals surface area contributed by atoms with Crippen molar-refractivity contribution in [1.82, 2.24) is 19.9 Å². The van der Waals surface area contributed by atoms with Gasteiger partial charge in [0.05, 0.1) is 0 Å². The molecule has 0 amide bonds. The van der Waals surface area contributed by atoms with Gasteiger partial charge in [0.2, 0.25) is 0 Å². The molecule has 2 heterocycles. The van der Waals surface area contributed by atoms with Crippen LogP contribution in [0.3, 0.4) is 0 Å². The molecule has 0 aliphatic carbocycles. The zero-order chi connectivity index (χ0) is 13.1. The average molecular weight is 243 g/mol. The van der Waals surface area contributed by atoms with Crippen LogP contribution < -0.4 is 5.32 Å². The third-order valence-electron chi connectivity index (χ3n) is 2.71. The van der Waals surface area contributed by atoms with Gasteiger partial charge in [-0.3, -0.25) is 0 Å². The lowest BCUT2D eigenvalue weighted by molar-refractivity contribution is 1.01. The fourth-order valence-electron chi connectivity index (χ4n) is 1.58. The number of hydrogen-bond acceptors (Lipinski definition) is 5. The van der Waals surface area contributed by atoms with Crippen LogP contribution in [0.2, 0.25) is 0 Å². The summed E-state index contributed by atoms with van der Waals surface area (Å²) in [7, 11) is 0. The first kappa shape index (κ1) is 12.4. The molecule has 2 aromatic heterocycles. The van der Waals surface area contributed by atoms with Crippen molar-refractivity contribution in [2.24, 2.45) is 0 Å². The predicted molar refractivity (Wildman–Crippen MR) is 71.4 cm³/mol. The van der Waals surface area contributed by atoms with E-state index in [1.165, 1.54) is 0 Å². The highest BCUT2D eigenvalue weighted by molar-refractivity contribution is 5.53. The van der Waals surface area contributed by atoms with Gasteiger partial charge in [0.1, 0.15) is 5.82 Å². The summed E-state index contributed by atoms with van der Waals surface area (Å²) in [5, 5.41) is 3.23. The summed E-state index contributed by atoms with van der Waals surface area (Å²) in [6.07, 6.45) is 3.54. The second kappa shape index (κ2) is 5.08. The minimum Gasteiger partial charge on any atom is -0.370 e. The number of aryl methyl sites for hydroxylation is 2. The van der Waals surface area contributed by atoms with Crippen LogP contribution in [0.25, 0.3) is 11.6 Å². The van der Waals surface area contributed by atoms with Crippen molar-refractivity contribution in [3.63, 3.8) is 0 Å². The van der Waals surface area contributed by atoms with Crippen molar-refractivity contribution in [2.45, 2.75) is 27.7 Å². The van der Waals surface area contributed by atoms with E-state index in [4.69, 9.17) is 0 Å². The molecule has 0 aromatic carbocycles. The Kier molecular flexibility index (Phi) is 3.50. The average Bonchev–Trinajstić information content (AvgIpc) is 2.36. The molecule has 0 aliphatic heterocycles. The molecule has 0 atom stereocenters. The summed E-state index contributed by atoms with van der Waals surface area (Å²) >= 11 is 0. The number of anilines is 1. The number of nitrogens with zero attached hydrogens (tertiary/aromatic N) is 4. The normalized spacial score (nSPS) is 10.4. The van der Waals surface area contributed by atoms with Gasteiger partial charge in [0.15, 0.2) is 11.6 Å². The summed E-state index contributed by atoms with van der Waals surface area (Å²) in [4.78, 5) is 17.4. The van der Waals surface area contributed by atoms with Crippen molar-refractivity contribution in [2.75, 3.05) is 11.9 Å². The van der Waals surface area contributed by atoms with E-state index in [1.54, 1.807) is 12.4 Å². The zero-order valence-electron chi connectivity index (χ0n) is 11.2. The van der Waals surface area contributed by atoms with Gasteiger partial charge >= 0.3 is 0 Å². The van der Waals surface area contributed by atoms with E-state index in [1.807, 2.05) is 27.7 Å². The van der Waals surface area contributed by atoms with E-state index >= 15 is 0 Å². The predicted octanol–water partition coefficient (Wildman–Crippen LogP) is 2.29. The van der Waals surface area contributed by atoms with E-state index in [0.29, 0.717) is 11.6 Å². The Bertz CT molecular complexity index is 548. The van der Waals surface area contributed by atoms with Crippen molar-refractivity contribution >= 4 is 5.82 Å². The van der Waals surface area contributed by atoms with Gasteiger partial charge in [0, 0.05) is 30.2 Å². The molecule has 0 spiro atoms. The van der Waals surface area contributed by atoms with Gasteiger partial charge in [0.25, 0.3) is 0 Å². The maximum atomic E-state index is 4.48. The molecule has 0 fully saturated rings. The molecule has 0 aliphatic rings. The second-order valence-electron chi connectivity index (χ2n) is 4.22. The second-order valence-corrected chi connectivity index (χ2v) is 4.22.